The molecule has 4 rings (SSSR count). The number of thioether (sulfide) groups is 1. The summed E-state index contributed by atoms with van der Waals surface area (Å²) in [5.74, 6) is 3.95. The molecule has 0 aliphatic carbocycles. The van der Waals surface area contributed by atoms with Crippen LogP contribution in [0.4, 0.5) is 0 Å². The minimum absolute atomic E-state index is 0.456. The number of hydrogen-bond donors (Lipinski definition) is 0. The lowest BCUT2D eigenvalue weighted by molar-refractivity contribution is 0.171. The molecule has 0 fully saturated rings. The molecule has 0 saturated heterocycles. The van der Waals surface area contributed by atoms with E-state index < -0.39 is 0 Å². The van der Waals surface area contributed by atoms with Crippen molar-refractivity contribution >= 4 is 23.4 Å². The Labute approximate surface area is 166 Å². The van der Waals surface area contributed by atoms with Gasteiger partial charge >= 0.3 is 0 Å². The highest BCUT2D eigenvalue weighted by Gasteiger charge is 2.19. The molecule has 3 heterocycles. The van der Waals surface area contributed by atoms with Crippen molar-refractivity contribution in [3.8, 4) is 23.1 Å². The van der Waals surface area contributed by atoms with E-state index in [0.717, 1.165) is 28.8 Å². The third-order valence-electron chi connectivity index (χ3n) is 4.03. The first-order chi connectivity index (χ1) is 13.1. The fourth-order valence-corrected chi connectivity index (χ4v) is 4.07. The molecule has 0 unspecified atom stereocenters. The van der Waals surface area contributed by atoms with Crippen molar-refractivity contribution in [2.45, 2.75) is 31.3 Å². The maximum absolute atomic E-state index is 6.34. The van der Waals surface area contributed by atoms with E-state index in [1.54, 1.807) is 18.0 Å². The number of halogens is 1. The monoisotopic (exact) mass is 405 g/mol. The van der Waals surface area contributed by atoms with Gasteiger partial charge in [0.2, 0.25) is 0 Å². The Hall–Kier alpha value is -2.12. The topological polar surface area (TPSA) is 62.3 Å². The summed E-state index contributed by atoms with van der Waals surface area (Å²) in [5, 5.41) is 10.1. The molecule has 27 heavy (non-hydrogen) atoms. The summed E-state index contributed by atoms with van der Waals surface area (Å²) in [7, 11) is 0. The fourth-order valence-electron chi connectivity index (χ4n) is 2.91. The normalized spacial score (nSPS) is 13.3. The largest absolute Gasteiger partial charge is 0.486 e. The van der Waals surface area contributed by atoms with Gasteiger partial charge in [0, 0.05) is 12.3 Å². The minimum atomic E-state index is 0.456. The van der Waals surface area contributed by atoms with Crippen LogP contribution >= 0.6 is 23.4 Å². The molecular weight excluding hydrogens is 386 g/mol. The predicted molar refractivity (Wildman–Crippen MR) is 105 cm³/mol. The summed E-state index contributed by atoms with van der Waals surface area (Å²) in [6, 6.07) is 7.65. The highest BCUT2D eigenvalue weighted by Crippen LogP contribution is 2.39. The third kappa shape index (κ3) is 3.94. The van der Waals surface area contributed by atoms with Gasteiger partial charge in [0.15, 0.2) is 28.2 Å². The number of rotatable bonds is 6. The van der Waals surface area contributed by atoms with E-state index in [1.165, 1.54) is 0 Å². The molecule has 0 saturated carbocycles. The van der Waals surface area contributed by atoms with Gasteiger partial charge < -0.3 is 13.9 Å². The Bertz CT molecular complexity index is 925. The number of aromatic nitrogens is 3. The van der Waals surface area contributed by atoms with E-state index in [0.29, 0.717) is 41.4 Å². The summed E-state index contributed by atoms with van der Waals surface area (Å²) < 4.78 is 18.9. The number of furan rings is 1. The molecule has 0 spiro atoms. The van der Waals surface area contributed by atoms with Gasteiger partial charge in [-0.15, -0.1) is 10.2 Å². The van der Waals surface area contributed by atoms with Gasteiger partial charge in [0.05, 0.1) is 11.3 Å². The molecule has 6 nitrogen and oxygen atoms in total. The molecule has 0 N–H and O–H groups in total. The van der Waals surface area contributed by atoms with Crippen LogP contribution in [0.5, 0.6) is 11.5 Å². The first-order valence-corrected chi connectivity index (χ1v) is 10.2. The van der Waals surface area contributed by atoms with E-state index in [1.807, 2.05) is 24.3 Å². The van der Waals surface area contributed by atoms with Gasteiger partial charge in [-0.1, -0.05) is 37.2 Å². The Balaban J connectivity index is 1.57. The summed E-state index contributed by atoms with van der Waals surface area (Å²) in [6.45, 7) is 6.21. The van der Waals surface area contributed by atoms with Crippen molar-refractivity contribution in [2.24, 2.45) is 5.92 Å². The van der Waals surface area contributed by atoms with Crippen LogP contribution in [0.2, 0.25) is 5.02 Å². The van der Waals surface area contributed by atoms with E-state index in [2.05, 4.69) is 28.6 Å². The van der Waals surface area contributed by atoms with Crippen molar-refractivity contribution in [1.82, 2.24) is 14.8 Å². The standard InChI is InChI=1S/C19H20ClN3O3S/c1-12(2)10-23-18(15-4-3-5-24-15)21-22-19(23)27-11-13-8-14(20)17-16(9-13)25-6-7-26-17/h3-5,8-9,12H,6-7,10-11H2,1-2H3. The van der Waals surface area contributed by atoms with Gasteiger partial charge in [-0.2, -0.15) is 0 Å². The Morgan fingerprint density at radius 2 is 2.07 bits per heavy atom. The molecule has 0 bridgehead atoms. The summed E-state index contributed by atoms with van der Waals surface area (Å²) >= 11 is 7.95. The van der Waals surface area contributed by atoms with Crippen molar-refractivity contribution < 1.29 is 13.9 Å². The molecule has 0 atom stereocenters. The number of ether oxygens (including phenoxy) is 2. The Morgan fingerprint density at radius 1 is 1.22 bits per heavy atom. The van der Waals surface area contributed by atoms with Gasteiger partial charge in [-0.05, 0) is 35.7 Å². The van der Waals surface area contributed by atoms with Gasteiger partial charge in [0.1, 0.15) is 13.2 Å². The maximum atomic E-state index is 6.34. The lowest BCUT2D eigenvalue weighted by Gasteiger charge is -2.20. The summed E-state index contributed by atoms with van der Waals surface area (Å²) in [5.41, 5.74) is 1.05. The van der Waals surface area contributed by atoms with Crippen molar-refractivity contribution in [3.63, 3.8) is 0 Å². The third-order valence-corrected chi connectivity index (χ3v) is 5.35. The zero-order valence-electron chi connectivity index (χ0n) is 15.1. The van der Waals surface area contributed by atoms with Crippen molar-refractivity contribution in [1.29, 1.82) is 0 Å². The number of fused-ring (bicyclic) bond motifs is 1. The molecular formula is C19H20ClN3O3S. The van der Waals surface area contributed by atoms with Crippen LogP contribution in [-0.2, 0) is 12.3 Å². The summed E-state index contributed by atoms with van der Waals surface area (Å²) in [6.07, 6.45) is 1.65. The maximum Gasteiger partial charge on any atom is 0.200 e. The second-order valence-electron chi connectivity index (χ2n) is 6.68. The number of benzene rings is 1. The van der Waals surface area contributed by atoms with Gasteiger partial charge in [0.25, 0.3) is 0 Å². The van der Waals surface area contributed by atoms with E-state index in [9.17, 15) is 0 Å². The van der Waals surface area contributed by atoms with E-state index in [-0.39, 0.29) is 0 Å². The molecule has 1 aromatic carbocycles. The SMILES string of the molecule is CC(C)Cn1c(SCc2cc(Cl)c3c(c2)OCCO3)nnc1-c1ccco1. The Kier molecular flexibility index (Phi) is 5.31. The zero-order valence-corrected chi connectivity index (χ0v) is 16.7. The quantitative estimate of drug-likeness (QED) is 0.543. The van der Waals surface area contributed by atoms with Crippen LogP contribution < -0.4 is 9.47 Å². The van der Waals surface area contributed by atoms with Crippen molar-refractivity contribution in [3.05, 3.63) is 41.1 Å². The van der Waals surface area contributed by atoms with Crippen LogP contribution in [-0.4, -0.2) is 28.0 Å². The van der Waals surface area contributed by atoms with Crippen LogP contribution in [0.25, 0.3) is 11.6 Å². The molecule has 142 valence electrons. The van der Waals surface area contributed by atoms with Crippen molar-refractivity contribution in [2.75, 3.05) is 13.2 Å². The highest BCUT2D eigenvalue weighted by molar-refractivity contribution is 7.98. The first kappa shape index (κ1) is 18.3. The molecule has 1 aliphatic rings. The second kappa shape index (κ2) is 7.86. The van der Waals surface area contributed by atoms with E-state index >= 15 is 0 Å². The average Bonchev–Trinajstić information content (AvgIpc) is 3.29. The molecule has 3 aromatic rings. The first-order valence-electron chi connectivity index (χ1n) is 8.79. The van der Waals surface area contributed by atoms with Gasteiger partial charge in [-0.25, -0.2) is 0 Å². The van der Waals surface area contributed by atoms with Crippen LogP contribution in [0.3, 0.4) is 0 Å². The number of nitrogens with zero attached hydrogens (tertiary/aromatic N) is 3. The van der Waals surface area contributed by atoms with Gasteiger partial charge in [-0.3, -0.25) is 4.57 Å². The second-order valence-corrected chi connectivity index (χ2v) is 8.03. The average molecular weight is 406 g/mol. The highest BCUT2D eigenvalue weighted by atomic mass is 35.5. The molecule has 2 aromatic heterocycles. The smallest absolute Gasteiger partial charge is 0.200 e. The Morgan fingerprint density at radius 3 is 2.85 bits per heavy atom. The lowest BCUT2D eigenvalue weighted by Crippen LogP contribution is -2.15. The minimum Gasteiger partial charge on any atom is -0.486 e. The fraction of sp³-hybridized carbons (Fsp3) is 0.368. The van der Waals surface area contributed by atoms with Crippen LogP contribution in [0.1, 0.15) is 19.4 Å². The van der Waals surface area contributed by atoms with E-state index in [4.69, 9.17) is 25.5 Å². The zero-order chi connectivity index (χ0) is 18.8. The lowest BCUT2D eigenvalue weighted by atomic mass is 10.2. The molecule has 8 heteroatoms. The molecule has 0 amide bonds. The molecule has 1 aliphatic heterocycles. The van der Waals surface area contributed by atoms with Crippen LogP contribution in [0, 0.1) is 5.92 Å². The van der Waals surface area contributed by atoms with Crippen LogP contribution in [0.15, 0.2) is 40.1 Å². The number of hydrogen-bond acceptors (Lipinski definition) is 6. The molecule has 0 radical (unpaired) electrons. The predicted octanol–water partition coefficient (Wildman–Crippen LogP) is 4.91. The summed E-state index contributed by atoms with van der Waals surface area (Å²) in [4.78, 5) is 0.